The zero-order valence-corrected chi connectivity index (χ0v) is 16.5. The van der Waals surface area contributed by atoms with Gasteiger partial charge in [-0.15, -0.1) is 0 Å². The van der Waals surface area contributed by atoms with Crippen molar-refractivity contribution in [2.24, 2.45) is 0 Å². The van der Waals surface area contributed by atoms with Crippen LogP contribution in [0.5, 0.6) is 0 Å². The molecule has 9 heteroatoms. The molecule has 1 aliphatic rings. The summed E-state index contributed by atoms with van der Waals surface area (Å²) in [6.45, 7) is 1.30. The molecule has 1 aliphatic heterocycles. The van der Waals surface area contributed by atoms with E-state index < -0.39 is 0 Å². The van der Waals surface area contributed by atoms with E-state index in [0.29, 0.717) is 23.1 Å². The Morgan fingerprint density at radius 1 is 1.30 bits per heavy atom. The molecular formula is C18H16BrClN4O3. The number of aromatic nitrogens is 1. The predicted octanol–water partition coefficient (Wildman–Crippen LogP) is 2.00. The van der Waals surface area contributed by atoms with Crippen LogP contribution in [0.4, 0.5) is 0 Å². The van der Waals surface area contributed by atoms with Crippen LogP contribution in [0.1, 0.15) is 26.3 Å². The molecule has 2 aromatic rings. The lowest BCUT2D eigenvalue weighted by Crippen LogP contribution is -2.49. The summed E-state index contributed by atoms with van der Waals surface area (Å²) in [6, 6.07) is 8.49. The summed E-state index contributed by atoms with van der Waals surface area (Å²) < 4.78 is 0.659. The molecule has 2 N–H and O–H groups in total. The summed E-state index contributed by atoms with van der Waals surface area (Å²) in [4.78, 5) is 41.5. The maximum absolute atomic E-state index is 12.4. The highest BCUT2D eigenvalue weighted by Gasteiger charge is 2.22. The van der Waals surface area contributed by atoms with Crippen LogP contribution < -0.4 is 10.6 Å². The van der Waals surface area contributed by atoms with Gasteiger partial charge in [-0.05, 0) is 39.7 Å². The minimum absolute atomic E-state index is 0.0675. The van der Waals surface area contributed by atoms with Crippen LogP contribution in [0.3, 0.4) is 0 Å². The normalized spacial score (nSPS) is 13.9. The number of piperazine rings is 1. The fourth-order valence-electron chi connectivity index (χ4n) is 2.62. The third kappa shape index (κ3) is 4.84. The number of rotatable bonds is 4. The summed E-state index contributed by atoms with van der Waals surface area (Å²) in [5, 5.41) is 5.58. The fourth-order valence-corrected chi connectivity index (χ4v) is 3.14. The molecular weight excluding hydrogens is 436 g/mol. The Balaban J connectivity index is 1.60. The number of nitrogens with zero attached hydrogens (tertiary/aromatic N) is 2. The molecule has 7 nitrogen and oxygen atoms in total. The van der Waals surface area contributed by atoms with E-state index in [9.17, 15) is 14.4 Å². The van der Waals surface area contributed by atoms with Crippen molar-refractivity contribution in [1.29, 1.82) is 0 Å². The van der Waals surface area contributed by atoms with Gasteiger partial charge in [0.1, 0.15) is 5.15 Å². The molecule has 2 heterocycles. The Morgan fingerprint density at radius 3 is 2.74 bits per heavy atom. The van der Waals surface area contributed by atoms with Gasteiger partial charge in [-0.3, -0.25) is 14.4 Å². The lowest BCUT2D eigenvalue weighted by atomic mass is 10.1. The lowest BCUT2D eigenvalue weighted by Gasteiger charge is -2.26. The van der Waals surface area contributed by atoms with Gasteiger partial charge in [0.25, 0.3) is 11.8 Å². The van der Waals surface area contributed by atoms with Gasteiger partial charge in [0, 0.05) is 35.9 Å². The van der Waals surface area contributed by atoms with Crippen molar-refractivity contribution in [3.05, 3.63) is 62.8 Å². The molecule has 0 aliphatic carbocycles. The molecule has 1 aromatic heterocycles. The number of pyridine rings is 1. The highest BCUT2D eigenvalue weighted by molar-refractivity contribution is 9.10. The highest BCUT2D eigenvalue weighted by Crippen LogP contribution is 2.18. The zero-order valence-electron chi connectivity index (χ0n) is 14.2. The standard InChI is InChI=1S/C18H16BrClN4O3/c19-13-7-14(16(20)22-9-13)17(26)23-8-11-1-3-12(4-2-11)18(27)24-6-5-21-15(25)10-24/h1-4,7,9H,5-6,8,10H2,(H,21,25)(H,23,26). The molecule has 140 valence electrons. The molecule has 1 aromatic carbocycles. The zero-order chi connectivity index (χ0) is 19.4. The van der Waals surface area contributed by atoms with E-state index in [2.05, 4.69) is 31.5 Å². The molecule has 0 unspecified atom stereocenters. The minimum atomic E-state index is -0.340. The molecule has 3 rings (SSSR count). The van der Waals surface area contributed by atoms with Crippen molar-refractivity contribution in [3.63, 3.8) is 0 Å². The van der Waals surface area contributed by atoms with Gasteiger partial charge in [0.2, 0.25) is 5.91 Å². The minimum Gasteiger partial charge on any atom is -0.353 e. The Labute approximate surface area is 169 Å². The van der Waals surface area contributed by atoms with Gasteiger partial charge in [0.15, 0.2) is 0 Å². The number of hydrogen-bond acceptors (Lipinski definition) is 4. The van der Waals surface area contributed by atoms with Crippen LogP contribution in [-0.2, 0) is 11.3 Å². The van der Waals surface area contributed by atoms with Gasteiger partial charge in [-0.25, -0.2) is 4.98 Å². The Bertz CT molecular complexity index is 889. The van der Waals surface area contributed by atoms with Crippen molar-refractivity contribution in [2.45, 2.75) is 6.54 Å². The second-order valence-corrected chi connectivity index (χ2v) is 7.22. The van der Waals surface area contributed by atoms with Gasteiger partial charge >= 0.3 is 0 Å². The smallest absolute Gasteiger partial charge is 0.254 e. The summed E-state index contributed by atoms with van der Waals surface area (Å²) in [5.74, 6) is -0.685. The number of carbonyl (C=O) groups excluding carboxylic acids is 3. The van der Waals surface area contributed by atoms with Crippen LogP contribution in [0.15, 0.2) is 41.0 Å². The lowest BCUT2D eigenvalue weighted by molar-refractivity contribution is -0.123. The van der Waals surface area contributed by atoms with Crippen LogP contribution >= 0.6 is 27.5 Å². The second kappa shape index (κ2) is 8.49. The first-order valence-electron chi connectivity index (χ1n) is 8.18. The highest BCUT2D eigenvalue weighted by atomic mass is 79.9. The quantitative estimate of drug-likeness (QED) is 0.696. The van der Waals surface area contributed by atoms with Crippen molar-refractivity contribution in [3.8, 4) is 0 Å². The molecule has 1 saturated heterocycles. The molecule has 3 amide bonds. The van der Waals surface area contributed by atoms with Crippen molar-refractivity contribution < 1.29 is 14.4 Å². The van der Waals surface area contributed by atoms with Crippen molar-refractivity contribution in [1.82, 2.24) is 20.5 Å². The molecule has 0 radical (unpaired) electrons. The van der Waals surface area contributed by atoms with E-state index in [1.165, 1.54) is 11.1 Å². The second-order valence-electron chi connectivity index (χ2n) is 5.95. The largest absolute Gasteiger partial charge is 0.353 e. The van der Waals surface area contributed by atoms with E-state index in [4.69, 9.17) is 11.6 Å². The van der Waals surface area contributed by atoms with Crippen LogP contribution in [0.25, 0.3) is 0 Å². The monoisotopic (exact) mass is 450 g/mol. The summed E-state index contributed by atoms with van der Waals surface area (Å²) >= 11 is 9.21. The number of nitrogens with one attached hydrogen (secondary N) is 2. The van der Waals surface area contributed by atoms with Crippen LogP contribution in [0.2, 0.25) is 5.15 Å². The average Bonchev–Trinajstić information content (AvgIpc) is 2.68. The van der Waals surface area contributed by atoms with Gasteiger partial charge in [0.05, 0.1) is 12.1 Å². The number of hydrogen-bond donors (Lipinski definition) is 2. The number of carbonyl (C=O) groups is 3. The number of amides is 3. The molecule has 0 spiro atoms. The molecule has 27 heavy (non-hydrogen) atoms. The maximum atomic E-state index is 12.4. The van der Waals surface area contributed by atoms with Crippen LogP contribution in [0, 0.1) is 0 Å². The summed E-state index contributed by atoms with van der Waals surface area (Å²) in [6.07, 6.45) is 1.51. The molecule has 0 bridgehead atoms. The summed E-state index contributed by atoms with van der Waals surface area (Å²) in [7, 11) is 0. The van der Waals surface area contributed by atoms with E-state index >= 15 is 0 Å². The van der Waals surface area contributed by atoms with E-state index in [1.54, 1.807) is 30.3 Å². The van der Waals surface area contributed by atoms with Crippen LogP contribution in [-0.4, -0.2) is 47.2 Å². The first-order chi connectivity index (χ1) is 12.9. The van der Waals surface area contributed by atoms with Gasteiger partial charge in [-0.1, -0.05) is 23.7 Å². The summed E-state index contributed by atoms with van der Waals surface area (Å²) in [5.41, 5.74) is 1.61. The van der Waals surface area contributed by atoms with E-state index in [-0.39, 0.29) is 41.5 Å². The fraction of sp³-hybridized carbons (Fsp3) is 0.222. The van der Waals surface area contributed by atoms with Gasteiger partial charge < -0.3 is 15.5 Å². The first-order valence-corrected chi connectivity index (χ1v) is 9.35. The topological polar surface area (TPSA) is 91.4 Å². The Hall–Kier alpha value is -2.45. The molecule has 0 atom stereocenters. The first kappa shape index (κ1) is 19.3. The van der Waals surface area contributed by atoms with Gasteiger partial charge in [-0.2, -0.15) is 0 Å². The van der Waals surface area contributed by atoms with Crippen molar-refractivity contribution >= 4 is 45.3 Å². The molecule has 0 saturated carbocycles. The van der Waals surface area contributed by atoms with Crippen molar-refractivity contribution in [2.75, 3.05) is 19.6 Å². The Morgan fingerprint density at radius 2 is 2.04 bits per heavy atom. The maximum Gasteiger partial charge on any atom is 0.254 e. The van der Waals surface area contributed by atoms with E-state index in [0.717, 1.165) is 5.56 Å². The molecule has 1 fully saturated rings. The predicted molar refractivity (Wildman–Crippen MR) is 103 cm³/mol. The third-order valence-electron chi connectivity index (χ3n) is 4.03. The number of benzene rings is 1. The average molecular weight is 452 g/mol. The third-order valence-corrected chi connectivity index (χ3v) is 4.76. The van der Waals surface area contributed by atoms with E-state index in [1.807, 2.05) is 0 Å². The Kier molecular flexibility index (Phi) is 6.08. The SMILES string of the molecule is O=C1CN(C(=O)c2ccc(CNC(=O)c3cc(Br)cnc3Cl)cc2)CCN1. The number of halogens is 2.